The Bertz CT molecular complexity index is 173. The molecule has 76 valence electrons. The third-order valence-corrected chi connectivity index (χ3v) is 2.24. The van der Waals surface area contributed by atoms with Crippen LogP contribution in [0.2, 0.25) is 0 Å². The lowest BCUT2D eigenvalue weighted by molar-refractivity contribution is -0.136. The van der Waals surface area contributed by atoms with Crippen LogP contribution in [0.15, 0.2) is 0 Å². The first-order valence-electron chi connectivity index (χ1n) is 4.23. The molecule has 0 aliphatic carbocycles. The molecule has 4 nitrogen and oxygen atoms in total. The molecule has 0 bridgehead atoms. The topological polar surface area (TPSA) is 66.4 Å². The molecule has 0 aromatic carbocycles. The van der Waals surface area contributed by atoms with E-state index < -0.39 is 5.97 Å². The van der Waals surface area contributed by atoms with Crippen LogP contribution in [0, 0.1) is 0 Å². The summed E-state index contributed by atoms with van der Waals surface area (Å²) >= 11 is 1.70. The van der Waals surface area contributed by atoms with E-state index in [-0.39, 0.29) is 18.9 Å². The van der Waals surface area contributed by atoms with Gasteiger partial charge in [0.1, 0.15) is 0 Å². The number of hydrogen-bond acceptors (Lipinski definition) is 3. The number of carboxylic acid groups (broad SMARTS) is 1. The van der Waals surface area contributed by atoms with Gasteiger partial charge < -0.3 is 10.4 Å². The maximum atomic E-state index is 11.0. The third kappa shape index (κ3) is 9.20. The Kier molecular flexibility index (Phi) is 7.48. The predicted octanol–water partition coefficient (Wildman–Crippen LogP) is 0.721. The molecule has 0 atom stereocenters. The Morgan fingerprint density at radius 2 is 2.08 bits per heavy atom. The number of amides is 1. The second kappa shape index (κ2) is 7.91. The molecular formula is C8H15NO3S. The van der Waals surface area contributed by atoms with Crippen LogP contribution in [0.25, 0.3) is 0 Å². The molecule has 0 aromatic heterocycles. The number of rotatable bonds is 7. The quantitative estimate of drug-likeness (QED) is 0.601. The molecule has 0 unspecified atom stereocenters. The molecule has 5 heteroatoms. The summed E-state index contributed by atoms with van der Waals surface area (Å²) in [5, 5.41) is 10.8. The molecule has 13 heavy (non-hydrogen) atoms. The van der Waals surface area contributed by atoms with Gasteiger partial charge in [-0.3, -0.25) is 9.59 Å². The number of carbonyl (C=O) groups is 2. The van der Waals surface area contributed by atoms with E-state index in [9.17, 15) is 9.59 Å². The lowest BCUT2D eigenvalue weighted by Gasteiger charge is -2.02. The van der Waals surface area contributed by atoms with Crippen LogP contribution in [0.1, 0.15) is 19.8 Å². The molecule has 0 aliphatic heterocycles. The molecule has 2 N–H and O–H groups in total. The largest absolute Gasteiger partial charge is 0.481 e. The average Bonchev–Trinajstić information content (AvgIpc) is 2.04. The first-order valence-corrected chi connectivity index (χ1v) is 5.38. The number of thioether (sulfide) groups is 1. The average molecular weight is 205 g/mol. The van der Waals surface area contributed by atoms with Crippen molar-refractivity contribution in [2.24, 2.45) is 0 Å². The molecule has 0 saturated carbocycles. The van der Waals surface area contributed by atoms with Crippen molar-refractivity contribution in [1.29, 1.82) is 0 Å². The second-order valence-corrected chi connectivity index (χ2v) is 3.83. The second-order valence-electron chi connectivity index (χ2n) is 2.44. The first kappa shape index (κ1) is 12.3. The maximum absolute atomic E-state index is 11.0. The minimum atomic E-state index is -0.886. The summed E-state index contributed by atoms with van der Waals surface area (Å²) in [5.41, 5.74) is 0. The van der Waals surface area contributed by atoms with Gasteiger partial charge in [0.05, 0.1) is 6.42 Å². The van der Waals surface area contributed by atoms with Crippen LogP contribution >= 0.6 is 11.8 Å². The number of carbonyl (C=O) groups excluding carboxylic acids is 1. The van der Waals surface area contributed by atoms with Crippen molar-refractivity contribution in [1.82, 2.24) is 5.32 Å². The van der Waals surface area contributed by atoms with Crippen molar-refractivity contribution in [3.8, 4) is 0 Å². The smallest absolute Gasteiger partial charge is 0.305 e. The Hall–Kier alpha value is -0.710. The van der Waals surface area contributed by atoms with Crippen LogP contribution in [0.5, 0.6) is 0 Å². The fourth-order valence-electron chi connectivity index (χ4n) is 0.706. The fraction of sp³-hybridized carbons (Fsp3) is 0.750. The van der Waals surface area contributed by atoms with E-state index in [4.69, 9.17) is 5.11 Å². The summed E-state index contributed by atoms with van der Waals surface area (Å²) in [6.07, 6.45) is 0.463. The first-order chi connectivity index (χ1) is 6.16. The molecule has 0 radical (unpaired) electrons. The van der Waals surface area contributed by atoms with E-state index in [1.807, 2.05) is 6.92 Å². The third-order valence-electron chi connectivity index (χ3n) is 1.34. The fourth-order valence-corrected chi connectivity index (χ4v) is 1.32. The van der Waals surface area contributed by atoms with Gasteiger partial charge in [-0.25, -0.2) is 0 Å². The summed E-state index contributed by atoms with van der Waals surface area (Å²) in [6, 6.07) is 0. The minimum Gasteiger partial charge on any atom is -0.481 e. The van der Waals surface area contributed by atoms with Crippen molar-refractivity contribution < 1.29 is 14.7 Å². The summed E-state index contributed by atoms with van der Waals surface area (Å²) in [6.45, 7) is 2.26. The van der Waals surface area contributed by atoms with E-state index in [0.29, 0.717) is 6.42 Å². The van der Waals surface area contributed by atoms with Gasteiger partial charge in [-0.2, -0.15) is 11.8 Å². The van der Waals surface area contributed by atoms with Gasteiger partial charge in [0.25, 0.3) is 0 Å². The molecule has 0 spiro atoms. The summed E-state index contributed by atoms with van der Waals surface area (Å²) < 4.78 is 0. The molecule has 0 saturated heterocycles. The van der Waals surface area contributed by atoms with Crippen molar-refractivity contribution in [3.05, 3.63) is 0 Å². The van der Waals surface area contributed by atoms with Crippen molar-refractivity contribution in [3.63, 3.8) is 0 Å². The zero-order valence-corrected chi connectivity index (χ0v) is 8.52. The summed E-state index contributed by atoms with van der Waals surface area (Å²) in [5.74, 6) is 0.850. The molecule has 0 aromatic rings. The van der Waals surface area contributed by atoms with Gasteiger partial charge >= 0.3 is 5.97 Å². The van der Waals surface area contributed by atoms with Crippen LogP contribution in [0.4, 0.5) is 0 Å². The van der Waals surface area contributed by atoms with E-state index in [1.165, 1.54) is 0 Å². The van der Waals surface area contributed by atoms with Crippen LogP contribution in [-0.2, 0) is 9.59 Å². The van der Waals surface area contributed by atoms with Crippen LogP contribution in [-0.4, -0.2) is 35.0 Å². The Morgan fingerprint density at radius 1 is 1.38 bits per heavy atom. The lowest BCUT2D eigenvalue weighted by Crippen LogP contribution is -2.26. The van der Waals surface area contributed by atoms with Gasteiger partial charge in [-0.1, -0.05) is 6.92 Å². The molecule has 0 fully saturated rings. The van der Waals surface area contributed by atoms with Crippen molar-refractivity contribution >= 4 is 23.6 Å². The van der Waals surface area contributed by atoms with E-state index in [2.05, 4.69) is 5.32 Å². The molecule has 0 heterocycles. The molecular weight excluding hydrogens is 190 g/mol. The highest BCUT2D eigenvalue weighted by atomic mass is 32.2. The van der Waals surface area contributed by atoms with Crippen molar-refractivity contribution in [2.75, 3.05) is 18.1 Å². The zero-order chi connectivity index (χ0) is 10.1. The number of aliphatic carboxylic acids is 1. The van der Waals surface area contributed by atoms with Crippen LogP contribution in [0.3, 0.4) is 0 Å². The summed E-state index contributed by atoms with van der Waals surface area (Å²) in [7, 11) is 0. The van der Waals surface area contributed by atoms with Crippen LogP contribution < -0.4 is 5.32 Å². The number of nitrogens with one attached hydrogen (secondary N) is 1. The van der Waals surface area contributed by atoms with Gasteiger partial charge in [0, 0.05) is 18.7 Å². The maximum Gasteiger partial charge on any atom is 0.305 e. The van der Waals surface area contributed by atoms with E-state index in [0.717, 1.165) is 11.5 Å². The highest BCUT2D eigenvalue weighted by Crippen LogP contribution is 2.00. The highest BCUT2D eigenvalue weighted by Gasteiger charge is 2.01. The van der Waals surface area contributed by atoms with Gasteiger partial charge in [-0.15, -0.1) is 0 Å². The minimum absolute atomic E-state index is 0.00728. The SMILES string of the molecule is CCSCCC(=O)NCCC(=O)O. The Labute approximate surface area is 82.1 Å². The zero-order valence-electron chi connectivity index (χ0n) is 7.71. The Balaban J connectivity index is 3.25. The monoisotopic (exact) mass is 205 g/mol. The van der Waals surface area contributed by atoms with Gasteiger partial charge in [0.2, 0.25) is 5.91 Å². The van der Waals surface area contributed by atoms with E-state index in [1.54, 1.807) is 11.8 Å². The lowest BCUT2D eigenvalue weighted by atomic mass is 10.4. The predicted molar refractivity (Wildman–Crippen MR) is 52.9 cm³/mol. The molecule has 0 aliphatic rings. The molecule has 0 rings (SSSR count). The molecule has 1 amide bonds. The normalized spacial score (nSPS) is 9.62. The standard InChI is InChI=1S/C8H15NO3S/c1-2-13-6-4-7(10)9-5-3-8(11)12/h2-6H2,1H3,(H,9,10)(H,11,12). The number of hydrogen-bond donors (Lipinski definition) is 2. The van der Waals surface area contributed by atoms with Crippen molar-refractivity contribution in [2.45, 2.75) is 19.8 Å². The Morgan fingerprint density at radius 3 is 2.62 bits per heavy atom. The van der Waals surface area contributed by atoms with Gasteiger partial charge in [0.15, 0.2) is 0 Å². The van der Waals surface area contributed by atoms with Gasteiger partial charge in [-0.05, 0) is 5.75 Å². The number of carboxylic acids is 1. The highest BCUT2D eigenvalue weighted by molar-refractivity contribution is 7.99. The summed E-state index contributed by atoms with van der Waals surface area (Å²) in [4.78, 5) is 21.1. The van der Waals surface area contributed by atoms with E-state index >= 15 is 0 Å².